The first-order valence-corrected chi connectivity index (χ1v) is 23.0. The second-order valence-electron chi connectivity index (χ2n) is 13.9. The van der Waals surface area contributed by atoms with E-state index in [0.29, 0.717) is 6.42 Å². The minimum absolute atomic E-state index is 0.0435. The smallest absolute Gasteiger partial charge is 0.462 e. The summed E-state index contributed by atoms with van der Waals surface area (Å²) in [5, 5.41) is 0. The standard InChI is InChI=1S/C45H78NO8P/c1-3-5-7-9-11-13-15-17-18-19-20-21-22-23-24-26-27-29-31-33-35-37-44(47)51-41-43(42-53-55(49,50)52-40-39-46)54-45(48)38-36-34-32-30-28-25-16-14-12-10-8-6-4-2/h5-8,10-14,16,25,28,43H,3-4,9,15,17-24,26-27,29-42,46H2,1-2H3,(H,49,50)/b7-5+,8-6+,12-10+,13-11+,16-14+,28-25+. The van der Waals surface area contributed by atoms with Crippen LogP contribution in [0.15, 0.2) is 72.9 Å². The number of esters is 2. The molecular weight excluding hydrogens is 713 g/mol. The molecule has 0 saturated heterocycles. The van der Waals surface area contributed by atoms with Crippen molar-refractivity contribution in [3.63, 3.8) is 0 Å². The van der Waals surface area contributed by atoms with Crippen LogP contribution in [-0.4, -0.2) is 49.3 Å². The third-order valence-corrected chi connectivity index (χ3v) is 9.67. The number of allylic oxidation sites excluding steroid dienone is 12. The highest BCUT2D eigenvalue weighted by Crippen LogP contribution is 2.43. The van der Waals surface area contributed by atoms with Crippen molar-refractivity contribution in [3.8, 4) is 0 Å². The van der Waals surface area contributed by atoms with Crippen molar-refractivity contribution in [2.24, 2.45) is 5.73 Å². The lowest BCUT2D eigenvalue weighted by atomic mass is 10.0. The van der Waals surface area contributed by atoms with E-state index in [1.165, 1.54) is 77.0 Å². The molecular formula is C45H78NO8P. The number of carbonyl (C=O) groups excluding carboxylic acids is 2. The molecule has 0 aromatic heterocycles. The first kappa shape index (κ1) is 52.5. The fourth-order valence-corrected chi connectivity index (χ4v) is 6.33. The Bertz CT molecular complexity index is 1130. The summed E-state index contributed by atoms with van der Waals surface area (Å²) in [5.41, 5.74) is 5.34. The summed E-state index contributed by atoms with van der Waals surface area (Å²) in [6, 6.07) is 0. The van der Waals surface area contributed by atoms with E-state index in [1.807, 2.05) is 36.5 Å². The van der Waals surface area contributed by atoms with Gasteiger partial charge in [0.15, 0.2) is 6.10 Å². The largest absolute Gasteiger partial charge is 0.472 e. The van der Waals surface area contributed by atoms with Gasteiger partial charge in [0.1, 0.15) is 6.61 Å². The Hall–Kier alpha value is -2.55. The molecule has 55 heavy (non-hydrogen) atoms. The molecule has 0 heterocycles. The van der Waals surface area contributed by atoms with Crippen molar-refractivity contribution >= 4 is 19.8 Å². The van der Waals surface area contributed by atoms with Crippen molar-refractivity contribution < 1.29 is 37.6 Å². The summed E-state index contributed by atoms with van der Waals surface area (Å²) in [6.07, 6.45) is 49.5. The van der Waals surface area contributed by atoms with Gasteiger partial charge in [-0.1, -0.05) is 170 Å². The van der Waals surface area contributed by atoms with Crippen LogP contribution in [0.2, 0.25) is 0 Å². The van der Waals surface area contributed by atoms with Gasteiger partial charge < -0.3 is 20.1 Å². The predicted molar refractivity (Wildman–Crippen MR) is 229 cm³/mol. The van der Waals surface area contributed by atoms with E-state index in [1.54, 1.807) is 0 Å². The summed E-state index contributed by atoms with van der Waals surface area (Å²) in [7, 11) is -4.39. The molecule has 0 aromatic carbocycles. The fourth-order valence-electron chi connectivity index (χ4n) is 5.56. The molecule has 0 fully saturated rings. The van der Waals surface area contributed by atoms with Crippen LogP contribution in [0.4, 0.5) is 0 Å². The first-order valence-electron chi connectivity index (χ1n) is 21.5. The Labute approximate surface area is 335 Å². The Kier molecular flexibility index (Phi) is 39.2. The maximum absolute atomic E-state index is 12.5. The Morgan fingerprint density at radius 2 is 1.04 bits per heavy atom. The molecule has 2 atom stereocenters. The molecule has 0 rings (SSSR count). The van der Waals surface area contributed by atoms with Gasteiger partial charge in [-0.05, 0) is 57.8 Å². The number of carbonyl (C=O) groups is 2. The van der Waals surface area contributed by atoms with Crippen molar-refractivity contribution in [3.05, 3.63) is 72.9 Å². The number of hydrogen-bond donors (Lipinski definition) is 2. The summed E-state index contributed by atoms with van der Waals surface area (Å²) < 4.78 is 32.7. The lowest BCUT2D eigenvalue weighted by Gasteiger charge is -2.19. The van der Waals surface area contributed by atoms with E-state index in [2.05, 4.69) is 50.3 Å². The van der Waals surface area contributed by atoms with Crippen molar-refractivity contribution in [2.45, 2.75) is 174 Å². The van der Waals surface area contributed by atoms with Gasteiger partial charge in [0.2, 0.25) is 0 Å². The SMILES string of the molecule is CC/C=C/C=C/C=C/C=C/CCCCCC(=O)OC(COC(=O)CCCCCCCCCCCCCCCC/C=C/C/C=C/CC)COP(=O)(O)OCCN. The highest BCUT2D eigenvalue weighted by atomic mass is 31.2. The highest BCUT2D eigenvalue weighted by Gasteiger charge is 2.26. The lowest BCUT2D eigenvalue weighted by Crippen LogP contribution is -2.29. The molecule has 316 valence electrons. The predicted octanol–water partition coefficient (Wildman–Crippen LogP) is 12.3. The molecule has 0 spiro atoms. The minimum atomic E-state index is -4.39. The van der Waals surface area contributed by atoms with Crippen LogP contribution < -0.4 is 5.73 Å². The summed E-state index contributed by atoms with van der Waals surface area (Å²) in [5.74, 6) is -0.879. The number of phosphoric acid groups is 1. The topological polar surface area (TPSA) is 134 Å². The van der Waals surface area contributed by atoms with Crippen LogP contribution in [0.1, 0.15) is 168 Å². The molecule has 0 bridgehead atoms. The molecule has 3 N–H and O–H groups in total. The number of ether oxygens (including phenoxy) is 2. The molecule has 0 radical (unpaired) electrons. The third-order valence-electron chi connectivity index (χ3n) is 8.68. The van der Waals surface area contributed by atoms with E-state index in [4.69, 9.17) is 24.3 Å². The average Bonchev–Trinajstić information content (AvgIpc) is 3.17. The molecule has 0 aliphatic rings. The van der Waals surface area contributed by atoms with E-state index in [9.17, 15) is 19.0 Å². The van der Waals surface area contributed by atoms with E-state index < -0.39 is 32.5 Å². The first-order chi connectivity index (χ1) is 26.8. The monoisotopic (exact) mass is 792 g/mol. The molecule has 0 aromatic rings. The fraction of sp³-hybridized carbons (Fsp3) is 0.689. The average molecular weight is 792 g/mol. The number of hydrogen-bond acceptors (Lipinski definition) is 8. The van der Waals surface area contributed by atoms with Gasteiger partial charge in [-0.2, -0.15) is 0 Å². The Morgan fingerprint density at radius 1 is 0.564 bits per heavy atom. The molecule has 0 aliphatic carbocycles. The van der Waals surface area contributed by atoms with Crippen LogP contribution in [0.25, 0.3) is 0 Å². The van der Waals surface area contributed by atoms with Crippen LogP contribution in [0.3, 0.4) is 0 Å². The second-order valence-corrected chi connectivity index (χ2v) is 15.3. The third kappa shape index (κ3) is 40.9. The highest BCUT2D eigenvalue weighted by molar-refractivity contribution is 7.47. The normalized spacial score (nSPS) is 14.0. The lowest BCUT2D eigenvalue weighted by molar-refractivity contribution is -0.161. The van der Waals surface area contributed by atoms with Gasteiger partial charge >= 0.3 is 19.8 Å². The molecule has 0 aliphatic heterocycles. The van der Waals surface area contributed by atoms with Gasteiger partial charge in [-0.15, -0.1) is 0 Å². The second kappa shape index (κ2) is 41.1. The summed E-state index contributed by atoms with van der Waals surface area (Å²) >= 11 is 0. The van der Waals surface area contributed by atoms with Crippen molar-refractivity contribution in [2.75, 3.05) is 26.4 Å². The zero-order valence-electron chi connectivity index (χ0n) is 34.6. The maximum atomic E-state index is 12.5. The van der Waals surface area contributed by atoms with Crippen LogP contribution in [0.5, 0.6) is 0 Å². The number of phosphoric ester groups is 1. The van der Waals surface area contributed by atoms with Crippen LogP contribution in [-0.2, 0) is 32.7 Å². The van der Waals surface area contributed by atoms with Gasteiger partial charge in [0.05, 0.1) is 13.2 Å². The number of nitrogens with two attached hydrogens (primary N) is 1. The van der Waals surface area contributed by atoms with Gasteiger partial charge in [-0.25, -0.2) is 4.57 Å². The van der Waals surface area contributed by atoms with E-state index in [0.717, 1.165) is 57.8 Å². The molecule has 0 amide bonds. The number of unbranched alkanes of at least 4 members (excludes halogenated alkanes) is 17. The molecule has 10 heteroatoms. The zero-order chi connectivity index (χ0) is 40.3. The molecule has 2 unspecified atom stereocenters. The van der Waals surface area contributed by atoms with Crippen LogP contribution >= 0.6 is 7.82 Å². The van der Waals surface area contributed by atoms with Crippen molar-refractivity contribution in [1.82, 2.24) is 0 Å². The summed E-state index contributed by atoms with van der Waals surface area (Å²) in [6.45, 7) is 3.43. The van der Waals surface area contributed by atoms with E-state index >= 15 is 0 Å². The molecule has 9 nitrogen and oxygen atoms in total. The minimum Gasteiger partial charge on any atom is -0.462 e. The van der Waals surface area contributed by atoms with Crippen molar-refractivity contribution in [1.29, 1.82) is 0 Å². The van der Waals surface area contributed by atoms with Gasteiger partial charge in [-0.3, -0.25) is 18.6 Å². The Morgan fingerprint density at radius 3 is 1.62 bits per heavy atom. The van der Waals surface area contributed by atoms with Crippen LogP contribution in [0, 0.1) is 0 Å². The van der Waals surface area contributed by atoms with Gasteiger partial charge in [0.25, 0.3) is 0 Å². The Balaban J connectivity index is 4.13. The quantitative estimate of drug-likeness (QED) is 0.0205. The number of rotatable bonds is 39. The molecule has 0 saturated carbocycles. The maximum Gasteiger partial charge on any atom is 0.472 e. The van der Waals surface area contributed by atoms with Gasteiger partial charge in [0, 0.05) is 19.4 Å². The van der Waals surface area contributed by atoms with E-state index in [-0.39, 0.29) is 32.6 Å². The summed E-state index contributed by atoms with van der Waals surface area (Å²) in [4.78, 5) is 34.8. The zero-order valence-corrected chi connectivity index (χ0v) is 35.5.